The first-order chi connectivity index (χ1) is 18.7. The highest BCUT2D eigenvalue weighted by Gasteiger charge is 2.22. The number of rotatable bonds is 8. The van der Waals surface area contributed by atoms with Gasteiger partial charge >= 0.3 is 0 Å². The highest BCUT2D eigenvalue weighted by Crippen LogP contribution is 2.34. The minimum absolute atomic E-state index is 0.0608. The number of hydrogen-bond acceptors (Lipinski definition) is 7. The van der Waals surface area contributed by atoms with Crippen molar-refractivity contribution < 1.29 is 4.79 Å². The lowest BCUT2D eigenvalue weighted by Gasteiger charge is -2.15. The fourth-order valence-corrected chi connectivity index (χ4v) is 4.97. The van der Waals surface area contributed by atoms with Crippen LogP contribution in [0.2, 0.25) is 0 Å². The molecule has 1 aliphatic rings. The lowest BCUT2D eigenvalue weighted by atomic mass is 10.0. The number of carbonyl (C=O) groups is 1. The Kier molecular flexibility index (Phi) is 6.83. The molecule has 1 unspecified atom stereocenters. The molecule has 0 spiro atoms. The summed E-state index contributed by atoms with van der Waals surface area (Å²) < 4.78 is 0. The Morgan fingerprint density at radius 3 is 2.66 bits per heavy atom. The van der Waals surface area contributed by atoms with Crippen LogP contribution in [-0.4, -0.2) is 38.3 Å². The molecule has 0 aliphatic carbocycles. The summed E-state index contributed by atoms with van der Waals surface area (Å²) >= 11 is 0. The number of ketones is 1. The highest BCUT2D eigenvalue weighted by atomic mass is 16.1. The summed E-state index contributed by atoms with van der Waals surface area (Å²) in [5.74, 6) is 1.49. The standard InChI is InChI=1S/C31H28N6O/c38-28(26-13-7-15-34-26)17-21-16-23(19-32-18-21)30-36-27-12-6-11-25(22-8-2-1-3-9-22)29(27)31(37-30)35-20-24-10-4-5-14-33-24/h1-6,8-12,14,16,18-19,26,34H,7,13,15,17,20H2,(H,35,36,37). The average molecular weight is 501 g/mol. The molecular formula is C31H28N6O. The molecule has 0 saturated carbocycles. The van der Waals surface area contributed by atoms with Crippen molar-refractivity contribution in [1.82, 2.24) is 25.3 Å². The Balaban J connectivity index is 1.40. The molecule has 4 heterocycles. The van der Waals surface area contributed by atoms with Crippen molar-refractivity contribution in [3.05, 3.63) is 103 Å². The van der Waals surface area contributed by atoms with Gasteiger partial charge in [-0.3, -0.25) is 14.8 Å². The smallest absolute Gasteiger partial charge is 0.163 e. The van der Waals surface area contributed by atoms with Gasteiger partial charge in [-0.25, -0.2) is 9.97 Å². The van der Waals surface area contributed by atoms with Crippen LogP contribution in [0, 0.1) is 0 Å². The molecule has 0 bridgehead atoms. The van der Waals surface area contributed by atoms with E-state index in [4.69, 9.17) is 9.97 Å². The van der Waals surface area contributed by atoms with Gasteiger partial charge in [-0.1, -0.05) is 48.5 Å². The monoisotopic (exact) mass is 500 g/mol. The van der Waals surface area contributed by atoms with Crippen LogP contribution in [0.3, 0.4) is 0 Å². The largest absolute Gasteiger partial charge is 0.364 e. The van der Waals surface area contributed by atoms with Gasteiger partial charge in [-0.15, -0.1) is 0 Å². The van der Waals surface area contributed by atoms with Crippen molar-refractivity contribution in [2.24, 2.45) is 0 Å². The molecule has 5 aromatic rings. The Labute approximate surface area is 221 Å². The van der Waals surface area contributed by atoms with Gasteiger partial charge < -0.3 is 10.6 Å². The summed E-state index contributed by atoms with van der Waals surface area (Å²) in [5, 5.41) is 7.75. The molecule has 2 N–H and O–H groups in total. The number of aromatic nitrogens is 4. The molecule has 3 aromatic heterocycles. The van der Waals surface area contributed by atoms with E-state index < -0.39 is 0 Å². The number of benzene rings is 2. The van der Waals surface area contributed by atoms with E-state index in [2.05, 4.69) is 38.8 Å². The van der Waals surface area contributed by atoms with Crippen LogP contribution in [0.1, 0.15) is 24.1 Å². The van der Waals surface area contributed by atoms with E-state index in [0.717, 1.165) is 64.1 Å². The number of Topliss-reactive ketones (excluding diaryl/α,β-unsaturated/α-hetero) is 1. The lowest BCUT2D eigenvalue weighted by molar-refractivity contribution is -0.120. The summed E-state index contributed by atoms with van der Waals surface area (Å²) in [5.41, 5.74) is 5.54. The van der Waals surface area contributed by atoms with Gasteiger partial charge in [0, 0.05) is 30.6 Å². The number of fused-ring (bicyclic) bond motifs is 1. The summed E-state index contributed by atoms with van der Waals surface area (Å²) in [6.45, 7) is 1.43. The number of anilines is 1. The van der Waals surface area contributed by atoms with E-state index in [0.29, 0.717) is 18.8 Å². The first-order valence-electron chi connectivity index (χ1n) is 12.9. The molecule has 1 fully saturated rings. The molecule has 1 aliphatic heterocycles. The third-order valence-electron chi connectivity index (χ3n) is 6.85. The zero-order valence-corrected chi connectivity index (χ0v) is 21.0. The Morgan fingerprint density at radius 2 is 1.84 bits per heavy atom. The number of hydrogen-bond donors (Lipinski definition) is 2. The second-order valence-corrected chi connectivity index (χ2v) is 9.51. The van der Waals surface area contributed by atoms with Gasteiger partial charge in [0.15, 0.2) is 11.6 Å². The molecular weight excluding hydrogens is 472 g/mol. The summed E-state index contributed by atoms with van der Waals surface area (Å²) in [6, 6.07) is 24.2. The third-order valence-corrected chi connectivity index (χ3v) is 6.85. The van der Waals surface area contributed by atoms with Gasteiger partial charge in [-0.05, 0) is 60.3 Å². The number of nitrogens with one attached hydrogen (secondary N) is 2. The zero-order valence-electron chi connectivity index (χ0n) is 21.0. The van der Waals surface area contributed by atoms with Gasteiger partial charge in [0.2, 0.25) is 0 Å². The van der Waals surface area contributed by atoms with Crippen molar-refractivity contribution in [2.75, 3.05) is 11.9 Å². The molecule has 1 atom stereocenters. The third kappa shape index (κ3) is 5.14. The van der Waals surface area contributed by atoms with Gasteiger partial charge in [0.1, 0.15) is 5.82 Å². The van der Waals surface area contributed by atoms with Crippen LogP contribution in [0.5, 0.6) is 0 Å². The SMILES string of the molecule is O=C(Cc1cncc(-c2nc(NCc3ccccn3)c3c(-c4ccccc4)cccc3n2)c1)C1CCCN1. The van der Waals surface area contributed by atoms with E-state index in [1.807, 2.05) is 54.6 Å². The van der Waals surface area contributed by atoms with E-state index in [9.17, 15) is 4.79 Å². The van der Waals surface area contributed by atoms with Crippen molar-refractivity contribution in [3.8, 4) is 22.5 Å². The predicted octanol–water partition coefficient (Wildman–Crippen LogP) is 5.23. The maximum absolute atomic E-state index is 12.7. The number of carbonyl (C=O) groups excluding carboxylic acids is 1. The number of pyridine rings is 2. The van der Waals surface area contributed by atoms with Crippen LogP contribution in [0.15, 0.2) is 91.4 Å². The Morgan fingerprint density at radius 1 is 0.947 bits per heavy atom. The van der Waals surface area contributed by atoms with Crippen molar-refractivity contribution in [1.29, 1.82) is 0 Å². The second-order valence-electron chi connectivity index (χ2n) is 9.51. The average Bonchev–Trinajstić information content (AvgIpc) is 3.52. The predicted molar refractivity (Wildman–Crippen MR) is 150 cm³/mol. The first-order valence-corrected chi connectivity index (χ1v) is 12.9. The fraction of sp³-hybridized carbons (Fsp3) is 0.194. The van der Waals surface area contributed by atoms with Crippen molar-refractivity contribution >= 4 is 22.5 Å². The van der Waals surface area contributed by atoms with Crippen LogP contribution < -0.4 is 10.6 Å². The zero-order chi connectivity index (χ0) is 25.7. The topological polar surface area (TPSA) is 92.7 Å². The molecule has 38 heavy (non-hydrogen) atoms. The van der Waals surface area contributed by atoms with Crippen LogP contribution >= 0.6 is 0 Å². The molecule has 7 heteroatoms. The van der Waals surface area contributed by atoms with Crippen molar-refractivity contribution in [2.45, 2.75) is 31.8 Å². The normalized spacial score (nSPS) is 15.0. The molecule has 2 aromatic carbocycles. The van der Waals surface area contributed by atoms with Crippen LogP contribution in [0.25, 0.3) is 33.4 Å². The minimum Gasteiger partial charge on any atom is -0.364 e. The quantitative estimate of drug-likeness (QED) is 0.301. The number of nitrogens with zero attached hydrogens (tertiary/aromatic N) is 4. The molecule has 6 rings (SSSR count). The fourth-order valence-electron chi connectivity index (χ4n) is 4.97. The van der Waals surface area contributed by atoms with Gasteiger partial charge in [-0.2, -0.15) is 0 Å². The highest BCUT2D eigenvalue weighted by molar-refractivity contribution is 6.02. The minimum atomic E-state index is -0.0608. The molecule has 0 radical (unpaired) electrons. The van der Waals surface area contributed by atoms with E-state index in [1.54, 1.807) is 18.6 Å². The molecule has 188 valence electrons. The molecule has 0 amide bonds. The first kappa shape index (κ1) is 23.9. The summed E-state index contributed by atoms with van der Waals surface area (Å²) in [7, 11) is 0. The van der Waals surface area contributed by atoms with Gasteiger partial charge in [0.05, 0.1) is 29.2 Å². The van der Waals surface area contributed by atoms with E-state index in [1.165, 1.54) is 0 Å². The molecule has 7 nitrogen and oxygen atoms in total. The van der Waals surface area contributed by atoms with E-state index >= 15 is 0 Å². The van der Waals surface area contributed by atoms with E-state index in [-0.39, 0.29) is 11.8 Å². The summed E-state index contributed by atoms with van der Waals surface area (Å²) in [4.78, 5) is 31.5. The van der Waals surface area contributed by atoms with Crippen molar-refractivity contribution in [3.63, 3.8) is 0 Å². The Bertz CT molecular complexity index is 1570. The Hall–Kier alpha value is -4.49. The van der Waals surface area contributed by atoms with Crippen LogP contribution in [-0.2, 0) is 17.8 Å². The van der Waals surface area contributed by atoms with Gasteiger partial charge in [0.25, 0.3) is 0 Å². The maximum Gasteiger partial charge on any atom is 0.163 e. The second kappa shape index (κ2) is 10.9. The maximum atomic E-state index is 12.7. The van der Waals surface area contributed by atoms with Crippen LogP contribution in [0.4, 0.5) is 5.82 Å². The summed E-state index contributed by atoms with van der Waals surface area (Å²) in [6.07, 6.45) is 7.58. The lowest BCUT2D eigenvalue weighted by Crippen LogP contribution is -2.31. The molecule has 1 saturated heterocycles.